The van der Waals surface area contributed by atoms with Crippen LogP contribution in [0.1, 0.15) is 22.4 Å². The van der Waals surface area contributed by atoms with Crippen LogP contribution in [0.25, 0.3) is 0 Å². The van der Waals surface area contributed by atoms with Crippen molar-refractivity contribution in [2.24, 2.45) is 4.99 Å². The van der Waals surface area contributed by atoms with Gasteiger partial charge in [-0.05, 0) is 19.9 Å². The number of rotatable bonds is 7. The van der Waals surface area contributed by atoms with Gasteiger partial charge in [0.1, 0.15) is 11.5 Å². The van der Waals surface area contributed by atoms with E-state index in [1.165, 1.54) is 6.07 Å². The Labute approximate surface area is 157 Å². The van der Waals surface area contributed by atoms with Gasteiger partial charge in [-0.25, -0.2) is 0 Å². The Morgan fingerprint density at radius 2 is 1.89 bits per heavy atom. The van der Waals surface area contributed by atoms with Gasteiger partial charge in [0.05, 0.1) is 19.3 Å². The van der Waals surface area contributed by atoms with Crippen molar-refractivity contribution in [3.8, 4) is 11.5 Å². The number of aliphatic imine (C=N–C) groups is 1. The first-order valence-electron chi connectivity index (χ1n) is 8.42. The molecule has 1 heterocycles. The summed E-state index contributed by atoms with van der Waals surface area (Å²) in [5.74, 6) is 1.46. The molecule has 8 heteroatoms. The number of ether oxygens (including phenoxy) is 2. The largest absolute Gasteiger partial charge is 0.496 e. The van der Waals surface area contributed by atoms with E-state index in [2.05, 4.69) is 25.3 Å². The molecule has 1 aromatic carbocycles. The van der Waals surface area contributed by atoms with Crippen LogP contribution >= 0.6 is 0 Å². The molecule has 0 fully saturated rings. The summed E-state index contributed by atoms with van der Waals surface area (Å²) in [6, 6.07) is 6.63. The highest BCUT2D eigenvalue weighted by atomic mass is 19.3. The van der Waals surface area contributed by atoms with Gasteiger partial charge in [0.2, 0.25) is 0 Å². The van der Waals surface area contributed by atoms with Gasteiger partial charge in [-0.15, -0.1) is 0 Å². The SMILES string of the molecule is CN=C(NCc1ccccc1OC(F)F)NCc1ncc(C)c(OC)c1C. The highest BCUT2D eigenvalue weighted by Gasteiger charge is 2.11. The first-order valence-corrected chi connectivity index (χ1v) is 8.42. The van der Waals surface area contributed by atoms with Crippen molar-refractivity contribution in [1.29, 1.82) is 0 Å². The third kappa shape index (κ3) is 5.54. The maximum absolute atomic E-state index is 12.5. The van der Waals surface area contributed by atoms with E-state index in [1.54, 1.807) is 38.6 Å². The molecule has 2 aromatic rings. The fraction of sp³-hybridized carbons (Fsp3) is 0.368. The molecule has 146 valence electrons. The first kappa shape index (κ1) is 20.4. The summed E-state index contributed by atoms with van der Waals surface area (Å²) in [4.78, 5) is 8.57. The second kappa shape index (κ2) is 9.70. The molecule has 0 saturated carbocycles. The fourth-order valence-electron chi connectivity index (χ4n) is 2.68. The van der Waals surface area contributed by atoms with E-state index in [0.717, 1.165) is 22.6 Å². The summed E-state index contributed by atoms with van der Waals surface area (Å²) in [7, 11) is 3.26. The molecule has 0 atom stereocenters. The van der Waals surface area contributed by atoms with E-state index in [4.69, 9.17) is 4.74 Å². The molecule has 0 aliphatic carbocycles. The molecule has 6 nitrogen and oxygen atoms in total. The minimum Gasteiger partial charge on any atom is -0.496 e. The average molecular weight is 378 g/mol. The van der Waals surface area contributed by atoms with Gasteiger partial charge in [-0.3, -0.25) is 9.98 Å². The lowest BCUT2D eigenvalue weighted by Crippen LogP contribution is -2.36. The minimum absolute atomic E-state index is 0.135. The lowest BCUT2D eigenvalue weighted by atomic mass is 10.1. The highest BCUT2D eigenvalue weighted by Crippen LogP contribution is 2.24. The third-order valence-electron chi connectivity index (χ3n) is 4.03. The smallest absolute Gasteiger partial charge is 0.387 e. The third-order valence-corrected chi connectivity index (χ3v) is 4.03. The van der Waals surface area contributed by atoms with Crippen LogP contribution in [0.5, 0.6) is 11.5 Å². The van der Waals surface area contributed by atoms with Crippen LogP contribution in [0.2, 0.25) is 0 Å². The summed E-state index contributed by atoms with van der Waals surface area (Å²) >= 11 is 0. The normalized spacial score (nSPS) is 11.4. The molecular weight excluding hydrogens is 354 g/mol. The Hall–Kier alpha value is -2.90. The number of nitrogens with one attached hydrogen (secondary N) is 2. The molecule has 27 heavy (non-hydrogen) atoms. The molecule has 0 amide bonds. The van der Waals surface area contributed by atoms with Crippen LogP contribution in [0.4, 0.5) is 8.78 Å². The molecule has 0 aliphatic rings. The summed E-state index contributed by atoms with van der Waals surface area (Å²) in [5, 5.41) is 6.24. The Morgan fingerprint density at radius 3 is 2.56 bits per heavy atom. The van der Waals surface area contributed by atoms with Crippen molar-refractivity contribution >= 4 is 5.96 Å². The molecule has 2 N–H and O–H groups in total. The molecule has 1 aromatic heterocycles. The van der Waals surface area contributed by atoms with Crippen molar-refractivity contribution in [2.45, 2.75) is 33.5 Å². The zero-order chi connectivity index (χ0) is 19.8. The van der Waals surface area contributed by atoms with Crippen LogP contribution in [0, 0.1) is 13.8 Å². The summed E-state index contributed by atoms with van der Waals surface area (Å²) in [6.45, 7) is 1.75. The van der Waals surface area contributed by atoms with E-state index in [-0.39, 0.29) is 12.3 Å². The molecule has 0 aliphatic heterocycles. The minimum atomic E-state index is -2.87. The highest BCUT2D eigenvalue weighted by molar-refractivity contribution is 5.79. The number of hydrogen-bond donors (Lipinski definition) is 2. The van der Waals surface area contributed by atoms with Crippen molar-refractivity contribution in [3.05, 3.63) is 52.8 Å². The number of para-hydroxylation sites is 1. The number of benzene rings is 1. The van der Waals surface area contributed by atoms with E-state index < -0.39 is 6.61 Å². The van der Waals surface area contributed by atoms with Gasteiger partial charge < -0.3 is 20.1 Å². The fourth-order valence-corrected chi connectivity index (χ4v) is 2.68. The summed E-state index contributed by atoms with van der Waals surface area (Å²) in [5.41, 5.74) is 3.36. The van der Waals surface area contributed by atoms with Gasteiger partial charge in [-0.1, -0.05) is 18.2 Å². The summed E-state index contributed by atoms with van der Waals surface area (Å²) < 4.78 is 35.0. The lowest BCUT2D eigenvalue weighted by molar-refractivity contribution is -0.0504. The Bertz CT molecular complexity index is 797. The van der Waals surface area contributed by atoms with Crippen molar-refractivity contribution in [3.63, 3.8) is 0 Å². The zero-order valence-electron chi connectivity index (χ0n) is 15.8. The van der Waals surface area contributed by atoms with Crippen molar-refractivity contribution < 1.29 is 18.3 Å². The molecule has 0 spiro atoms. The monoisotopic (exact) mass is 378 g/mol. The average Bonchev–Trinajstić information content (AvgIpc) is 2.64. The van der Waals surface area contributed by atoms with E-state index in [0.29, 0.717) is 18.1 Å². The number of pyridine rings is 1. The molecule has 0 bridgehead atoms. The number of guanidine groups is 1. The second-order valence-corrected chi connectivity index (χ2v) is 5.81. The van der Waals surface area contributed by atoms with Gasteiger partial charge in [0.15, 0.2) is 5.96 Å². The predicted octanol–water partition coefficient (Wildman–Crippen LogP) is 3.17. The standard InChI is InChI=1S/C19H24F2N4O2/c1-12-9-23-15(13(2)17(12)26-4)11-25-19(22-3)24-10-14-7-5-6-8-16(14)27-18(20)21/h5-9,18H,10-11H2,1-4H3,(H2,22,24,25). The van der Waals surface area contributed by atoms with E-state index in [9.17, 15) is 8.78 Å². The first-order chi connectivity index (χ1) is 13.0. The molecule has 2 rings (SSSR count). The van der Waals surface area contributed by atoms with Crippen LogP contribution in [0.15, 0.2) is 35.5 Å². The number of nitrogens with zero attached hydrogens (tertiary/aromatic N) is 2. The molecule has 0 radical (unpaired) electrons. The quantitative estimate of drug-likeness (QED) is 0.572. The van der Waals surface area contributed by atoms with Crippen LogP contribution < -0.4 is 20.1 Å². The van der Waals surface area contributed by atoms with E-state index in [1.807, 2.05) is 13.8 Å². The lowest BCUT2D eigenvalue weighted by Gasteiger charge is -2.16. The molecule has 0 unspecified atom stereocenters. The second-order valence-electron chi connectivity index (χ2n) is 5.81. The van der Waals surface area contributed by atoms with Crippen LogP contribution in [-0.4, -0.2) is 31.7 Å². The topological polar surface area (TPSA) is 67.8 Å². The van der Waals surface area contributed by atoms with Gasteiger partial charge in [-0.2, -0.15) is 8.78 Å². The Morgan fingerprint density at radius 1 is 1.19 bits per heavy atom. The number of aromatic nitrogens is 1. The summed E-state index contributed by atoms with van der Waals surface area (Å²) in [6.07, 6.45) is 1.76. The molecule has 0 saturated heterocycles. The number of methoxy groups -OCH3 is 1. The molecular formula is C19H24F2N4O2. The Kier molecular flexibility index (Phi) is 7.34. The van der Waals surface area contributed by atoms with Crippen LogP contribution in [0.3, 0.4) is 0 Å². The van der Waals surface area contributed by atoms with Crippen LogP contribution in [-0.2, 0) is 13.1 Å². The van der Waals surface area contributed by atoms with E-state index >= 15 is 0 Å². The number of aryl methyl sites for hydroxylation is 1. The van der Waals surface area contributed by atoms with Gasteiger partial charge in [0, 0.05) is 36.5 Å². The number of hydrogen-bond acceptors (Lipinski definition) is 4. The predicted molar refractivity (Wildman–Crippen MR) is 100 cm³/mol. The number of halogens is 2. The van der Waals surface area contributed by atoms with Crippen molar-refractivity contribution in [1.82, 2.24) is 15.6 Å². The number of alkyl halides is 2. The van der Waals surface area contributed by atoms with Crippen molar-refractivity contribution in [2.75, 3.05) is 14.2 Å². The van der Waals surface area contributed by atoms with Gasteiger partial charge in [0.25, 0.3) is 0 Å². The maximum Gasteiger partial charge on any atom is 0.387 e. The zero-order valence-corrected chi connectivity index (χ0v) is 15.8. The Balaban J connectivity index is 2.00. The maximum atomic E-state index is 12.5. The van der Waals surface area contributed by atoms with Gasteiger partial charge >= 0.3 is 6.61 Å².